The number of urea groups is 1. The lowest BCUT2D eigenvalue weighted by Gasteiger charge is -2.21. The molecular weight excluding hydrogens is 316 g/mol. The van der Waals surface area contributed by atoms with Gasteiger partial charge in [-0.1, -0.05) is 17.7 Å². The largest absolute Gasteiger partial charge is 0.371 e. The SMILES string of the molecule is CNC(=O)NCC(=O)NCC1CCN(c2cc(Cl)ccc2C)C1. The molecule has 1 aromatic carbocycles. The van der Waals surface area contributed by atoms with E-state index in [9.17, 15) is 9.59 Å². The highest BCUT2D eigenvalue weighted by molar-refractivity contribution is 6.30. The molecule has 23 heavy (non-hydrogen) atoms. The summed E-state index contributed by atoms with van der Waals surface area (Å²) in [5.41, 5.74) is 2.36. The highest BCUT2D eigenvalue weighted by Gasteiger charge is 2.24. The second-order valence-corrected chi connectivity index (χ2v) is 6.20. The zero-order chi connectivity index (χ0) is 16.8. The van der Waals surface area contributed by atoms with E-state index < -0.39 is 0 Å². The molecule has 1 saturated heterocycles. The van der Waals surface area contributed by atoms with Gasteiger partial charge in [-0.2, -0.15) is 0 Å². The third kappa shape index (κ3) is 5.03. The number of carbonyl (C=O) groups is 2. The summed E-state index contributed by atoms with van der Waals surface area (Å²) in [5.74, 6) is 0.225. The van der Waals surface area contributed by atoms with Crippen LogP contribution in [0.2, 0.25) is 5.02 Å². The summed E-state index contributed by atoms with van der Waals surface area (Å²) < 4.78 is 0. The average Bonchev–Trinajstić information content (AvgIpc) is 3.01. The third-order valence-corrected chi connectivity index (χ3v) is 4.26. The molecule has 1 unspecified atom stereocenters. The third-order valence-electron chi connectivity index (χ3n) is 4.02. The predicted octanol–water partition coefficient (Wildman–Crippen LogP) is 1.52. The molecule has 1 aliphatic rings. The Kier molecular flexibility index (Phi) is 6.10. The van der Waals surface area contributed by atoms with Crippen LogP contribution in [0.1, 0.15) is 12.0 Å². The summed E-state index contributed by atoms with van der Waals surface area (Å²) >= 11 is 6.08. The molecule has 0 aliphatic carbocycles. The molecule has 0 spiro atoms. The highest BCUT2D eigenvalue weighted by atomic mass is 35.5. The molecule has 0 saturated carbocycles. The molecule has 1 heterocycles. The van der Waals surface area contributed by atoms with E-state index in [2.05, 4.69) is 27.8 Å². The van der Waals surface area contributed by atoms with Crippen LogP contribution < -0.4 is 20.9 Å². The zero-order valence-electron chi connectivity index (χ0n) is 13.5. The van der Waals surface area contributed by atoms with Crippen LogP contribution in [-0.4, -0.2) is 45.2 Å². The maximum absolute atomic E-state index is 11.7. The summed E-state index contributed by atoms with van der Waals surface area (Å²) in [5, 5.41) is 8.48. The fourth-order valence-corrected chi connectivity index (χ4v) is 2.88. The molecule has 1 aromatic rings. The van der Waals surface area contributed by atoms with Gasteiger partial charge in [0.15, 0.2) is 0 Å². The van der Waals surface area contributed by atoms with Gasteiger partial charge in [0.1, 0.15) is 0 Å². The molecule has 126 valence electrons. The molecule has 0 radical (unpaired) electrons. The Morgan fingerprint density at radius 1 is 1.35 bits per heavy atom. The fourth-order valence-electron chi connectivity index (χ4n) is 2.71. The number of anilines is 1. The Morgan fingerprint density at radius 2 is 2.13 bits per heavy atom. The van der Waals surface area contributed by atoms with Crippen molar-refractivity contribution in [3.8, 4) is 0 Å². The van der Waals surface area contributed by atoms with Gasteiger partial charge in [0.05, 0.1) is 6.54 Å². The van der Waals surface area contributed by atoms with E-state index in [-0.39, 0.29) is 18.5 Å². The first kappa shape index (κ1) is 17.4. The van der Waals surface area contributed by atoms with Crippen LogP contribution in [0.3, 0.4) is 0 Å². The van der Waals surface area contributed by atoms with Crippen molar-refractivity contribution in [2.45, 2.75) is 13.3 Å². The molecule has 0 bridgehead atoms. The number of halogens is 1. The second kappa shape index (κ2) is 8.06. The first-order valence-corrected chi connectivity index (χ1v) is 8.10. The van der Waals surface area contributed by atoms with Gasteiger partial charge in [0.25, 0.3) is 0 Å². The van der Waals surface area contributed by atoms with Crippen molar-refractivity contribution >= 4 is 29.2 Å². The van der Waals surface area contributed by atoms with Crippen molar-refractivity contribution < 1.29 is 9.59 Å². The van der Waals surface area contributed by atoms with Gasteiger partial charge in [-0.25, -0.2) is 4.79 Å². The molecule has 1 fully saturated rings. The Hall–Kier alpha value is -1.95. The monoisotopic (exact) mass is 338 g/mol. The first-order valence-electron chi connectivity index (χ1n) is 7.73. The lowest BCUT2D eigenvalue weighted by Crippen LogP contribution is -2.42. The normalized spacial score (nSPS) is 17.0. The number of amides is 3. The van der Waals surface area contributed by atoms with E-state index in [4.69, 9.17) is 11.6 Å². The standard InChI is InChI=1S/C16H23ClN4O2/c1-11-3-4-13(17)7-14(11)21-6-5-12(10-21)8-19-15(22)9-20-16(23)18-2/h3-4,7,12H,5-6,8-10H2,1-2H3,(H,19,22)(H2,18,20,23). The molecular formula is C16H23ClN4O2. The Balaban J connectivity index is 1.78. The number of nitrogens with one attached hydrogen (secondary N) is 3. The van der Waals surface area contributed by atoms with Crippen molar-refractivity contribution in [1.29, 1.82) is 0 Å². The molecule has 1 atom stereocenters. The minimum atomic E-state index is -0.358. The number of nitrogens with zero attached hydrogens (tertiary/aromatic N) is 1. The summed E-state index contributed by atoms with van der Waals surface area (Å²) in [4.78, 5) is 25.0. The summed E-state index contributed by atoms with van der Waals surface area (Å²) in [7, 11) is 1.51. The van der Waals surface area contributed by atoms with Crippen molar-refractivity contribution in [3.05, 3.63) is 28.8 Å². The molecule has 7 heteroatoms. The van der Waals surface area contributed by atoms with Crippen molar-refractivity contribution in [2.24, 2.45) is 5.92 Å². The summed E-state index contributed by atoms with van der Waals surface area (Å²) in [6, 6.07) is 5.55. The van der Waals surface area contributed by atoms with Gasteiger partial charge in [-0.3, -0.25) is 4.79 Å². The Morgan fingerprint density at radius 3 is 2.87 bits per heavy atom. The van der Waals surface area contributed by atoms with Gasteiger partial charge in [-0.15, -0.1) is 0 Å². The minimum Gasteiger partial charge on any atom is -0.371 e. The van der Waals surface area contributed by atoms with Gasteiger partial charge >= 0.3 is 6.03 Å². The molecule has 3 amide bonds. The number of benzene rings is 1. The van der Waals surface area contributed by atoms with Crippen LogP contribution >= 0.6 is 11.6 Å². The van der Waals surface area contributed by atoms with Crippen molar-refractivity contribution in [1.82, 2.24) is 16.0 Å². The average molecular weight is 339 g/mol. The van der Waals surface area contributed by atoms with Crippen LogP contribution in [0.15, 0.2) is 18.2 Å². The van der Waals surface area contributed by atoms with Gasteiger partial charge in [-0.05, 0) is 37.0 Å². The van der Waals surface area contributed by atoms with Crippen LogP contribution in [0.25, 0.3) is 0 Å². The molecule has 0 aromatic heterocycles. The lowest BCUT2D eigenvalue weighted by molar-refractivity contribution is -0.120. The van der Waals surface area contributed by atoms with E-state index in [1.54, 1.807) is 0 Å². The first-order chi connectivity index (χ1) is 11.0. The van der Waals surface area contributed by atoms with Crippen molar-refractivity contribution in [3.63, 3.8) is 0 Å². The Bertz CT molecular complexity index is 579. The lowest BCUT2D eigenvalue weighted by atomic mass is 10.1. The number of aryl methyl sites for hydroxylation is 1. The minimum absolute atomic E-state index is 0.0104. The van der Waals surface area contributed by atoms with Gasteiger partial charge in [0.2, 0.25) is 5.91 Å². The quantitative estimate of drug-likeness (QED) is 0.762. The van der Waals surface area contributed by atoms with E-state index in [0.717, 1.165) is 30.2 Å². The second-order valence-electron chi connectivity index (χ2n) is 5.77. The smallest absolute Gasteiger partial charge is 0.314 e. The molecule has 2 rings (SSSR count). The van der Waals surface area contributed by atoms with Crippen LogP contribution in [0.4, 0.5) is 10.5 Å². The van der Waals surface area contributed by atoms with Gasteiger partial charge < -0.3 is 20.9 Å². The maximum atomic E-state index is 11.7. The zero-order valence-corrected chi connectivity index (χ0v) is 14.2. The Labute approximate surface area is 141 Å². The maximum Gasteiger partial charge on any atom is 0.314 e. The fraction of sp³-hybridized carbons (Fsp3) is 0.500. The summed E-state index contributed by atoms with van der Waals surface area (Å²) in [6.07, 6.45) is 1.02. The summed E-state index contributed by atoms with van der Waals surface area (Å²) in [6.45, 7) is 4.53. The van der Waals surface area contributed by atoms with Crippen LogP contribution in [0.5, 0.6) is 0 Å². The van der Waals surface area contributed by atoms with Crippen LogP contribution in [0, 0.1) is 12.8 Å². The molecule has 6 nitrogen and oxygen atoms in total. The van der Waals surface area contributed by atoms with E-state index in [0.29, 0.717) is 12.5 Å². The van der Waals surface area contributed by atoms with Crippen molar-refractivity contribution in [2.75, 3.05) is 38.1 Å². The molecule has 3 N–H and O–H groups in total. The predicted molar refractivity (Wildman–Crippen MR) is 92.0 cm³/mol. The number of hydrogen-bond donors (Lipinski definition) is 3. The van der Waals surface area contributed by atoms with E-state index >= 15 is 0 Å². The highest BCUT2D eigenvalue weighted by Crippen LogP contribution is 2.29. The van der Waals surface area contributed by atoms with E-state index in [1.807, 2.05) is 18.2 Å². The number of hydrogen-bond acceptors (Lipinski definition) is 3. The molecule has 1 aliphatic heterocycles. The van der Waals surface area contributed by atoms with Gasteiger partial charge in [0, 0.05) is 37.4 Å². The van der Waals surface area contributed by atoms with Crippen LogP contribution in [-0.2, 0) is 4.79 Å². The topological polar surface area (TPSA) is 73.5 Å². The number of rotatable bonds is 5. The number of carbonyl (C=O) groups excluding carboxylic acids is 2. The van der Waals surface area contributed by atoms with E-state index in [1.165, 1.54) is 12.6 Å².